The van der Waals surface area contributed by atoms with Crippen LogP contribution in [0.25, 0.3) is 0 Å². The molecular weight excluding hydrogens is 320 g/mol. The van der Waals surface area contributed by atoms with Crippen molar-refractivity contribution >= 4 is 29.2 Å². The van der Waals surface area contributed by atoms with E-state index in [0.29, 0.717) is 11.4 Å². The third-order valence-electron chi connectivity index (χ3n) is 3.43. The number of ether oxygens (including phenoxy) is 1. The van der Waals surface area contributed by atoms with Crippen LogP contribution in [0, 0.1) is 13.8 Å². The van der Waals surface area contributed by atoms with Crippen molar-refractivity contribution in [3.8, 4) is 0 Å². The van der Waals surface area contributed by atoms with Gasteiger partial charge in [-0.3, -0.25) is 9.59 Å². The number of benzene rings is 2. The Balaban J connectivity index is 2.00. The van der Waals surface area contributed by atoms with Crippen LogP contribution in [0.3, 0.4) is 0 Å². The van der Waals surface area contributed by atoms with Crippen molar-refractivity contribution in [1.82, 2.24) is 0 Å². The lowest BCUT2D eigenvalue weighted by molar-refractivity contribution is -0.123. The normalized spacial score (nSPS) is 10.0. The fourth-order valence-electron chi connectivity index (χ4n) is 2.47. The van der Waals surface area contributed by atoms with Crippen LogP contribution in [-0.4, -0.2) is 24.9 Å². The molecule has 0 saturated heterocycles. The van der Waals surface area contributed by atoms with Gasteiger partial charge in [-0.1, -0.05) is 18.2 Å². The van der Waals surface area contributed by atoms with E-state index in [-0.39, 0.29) is 12.0 Å². The summed E-state index contributed by atoms with van der Waals surface area (Å²) in [6, 6.07) is 12.1. The van der Waals surface area contributed by atoms with Gasteiger partial charge in [-0.25, -0.2) is 4.79 Å². The number of para-hydroxylation sites is 1. The van der Waals surface area contributed by atoms with Gasteiger partial charge in [-0.15, -0.1) is 0 Å². The maximum Gasteiger partial charge on any atom is 0.339 e. The predicted octanol–water partition coefficient (Wildman–Crippen LogP) is 3.06. The minimum atomic E-state index is -0.560. The second-order valence-electron chi connectivity index (χ2n) is 5.69. The average molecular weight is 340 g/mol. The van der Waals surface area contributed by atoms with Crippen LogP contribution in [0.5, 0.6) is 0 Å². The summed E-state index contributed by atoms with van der Waals surface area (Å²) >= 11 is 0. The number of carbonyl (C=O) groups is 3. The molecule has 6 heteroatoms. The Bertz CT molecular complexity index is 795. The molecule has 6 nitrogen and oxygen atoms in total. The summed E-state index contributed by atoms with van der Waals surface area (Å²) in [5.74, 6) is -1.51. The maximum atomic E-state index is 12.1. The third-order valence-corrected chi connectivity index (χ3v) is 3.43. The lowest BCUT2D eigenvalue weighted by Gasteiger charge is -2.10. The Morgan fingerprint density at radius 3 is 2.16 bits per heavy atom. The van der Waals surface area contributed by atoms with Crippen molar-refractivity contribution in [1.29, 1.82) is 0 Å². The number of amides is 2. The van der Waals surface area contributed by atoms with Crippen molar-refractivity contribution in [3.05, 3.63) is 59.2 Å². The van der Waals surface area contributed by atoms with Gasteiger partial charge in [0.05, 0.1) is 18.4 Å². The van der Waals surface area contributed by atoms with Gasteiger partial charge in [-0.2, -0.15) is 0 Å². The summed E-state index contributed by atoms with van der Waals surface area (Å²) in [7, 11) is 1.26. The molecule has 0 bridgehead atoms. The second-order valence-corrected chi connectivity index (χ2v) is 5.69. The molecule has 2 aromatic rings. The van der Waals surface area contributed by atoms with Gasteiger partial charge < -0.3 is 15.4 Å². The van der Waals surface area contributed by atoms with Gasteiger partial charge in [0.15, 0.2) is 0 Å². The largest absolute Gasteiger partial charge is 0.465 e. The van der Waals surface area contributed by atoms with Gasteiger partial charge in [0.25, 0.3) is 0 Å². The third kappa shape index (κ3) is 5.17. The van der Waals surface area contributed by atoms with E-state index in [1.165, 1.54) is 13.2 Å². The highest BCUT2D eigenvalue weighted by Gasteiger charge is 2.15. The molecule has 0 fully saturated rings. The molecule has 0 unspecified atom stereocenters. The van der Waals surface area contributed by atoms with Crippen molar-refractivity contribution in [3.63, 3.8) is 0 Å². The van der Waals surface area contributed by atoms with E-state index in [1.807, 2.05) is 32.0 Å². The first-order chi connectivity index (χ1) is 11.9. The van der Waals surface area contributed by atoms with E-state index in [4.69, 9.17) is 0 Å². The zero-order valence-corrected chi connectivity index (χ0v) is 14.4. The molecular formula is C19H20N2O4. The highest BCUT2D eigenvalue weighted by atomic mass is 16.5. The van der Waals surface area contributed by atoms with E-state index < -0.39 is 17.8 Å². The van der Waals surface area contributed by atoms with E-state index >= 15 is 0 Å². The first kappa shape index (κ1) is 18.2. The highest BCUT2D eigenvalue weighted by Crippen LogP contribution is 2.17. The summed E-state index contributed by atoms with van der Waals surface area (Å²) in [5, 5.41) is 5.26. The predicted molar refractivity (Wildman–Crippen MR) is 95.6 cm³/mol. The van der Waals surface area contributed by atoms with Crippen LogP contribution in [0.2, 0.25) is 0 Å². The first-order valence-electron chi connectivity index (χ1n) is 7.74. The fourth-order valence-corrected chi connectivity index (χ4v) is 2.47. The zero-order valence-electron chi connectivity index (χ0n) is 14.4. The molecule has 0 atom stereocenters. The SMILES string of the molecule is COC(=O)c1ccccc1NC(=O)CC(=O)Nc1cc(C)cc(C)c1. The summed E-state index contributed by atoms with van der Waals surface area (Å²) in [6.45, 7) is 3.86. The molecule has 2 amide bonds. The Labute approximate surface area is 146 Å². The molecule has 0 aromatic heterocycles. The lowest BCUT2D eigenvalue weighted by Crippen LogP contribution is -2.22. The van der Waals surface area contributed by atoms with Gasteiger partial charge in [0.2, 0.25) is 11.8 Å². The number of nitrogens with one attached hydrogen (secondary N) is 2. The molecule has 0 aliphatic heterocycles. The van der Waals surface area contributed by atoms with Crippen LogP contribution in [-0.2, 0) is 14.3 Å². The van der Waals surface area contributed by atoms with Crippen LogP contribution in [0.15, 0.2) is 42.5 Å². The molecule has 130 valence electrons. The molecule has 25 heavy (non-hydrogen) atoms. The Morgan fingerprint density at radius 2 is 1.52 bits per heavy atom. The lowest BCUT2D eigenvalue weighted by atomic mass is 10.1. The van der Waals surface area contributed by atoms with E-state index in [0.717, 1.165) is 11.1 Å². The van der Waals surface area contributed by atoms with Gasteiger partial charge >= 0.3 is 5.97 Å². The number of aryl methyl sites for hydroxylation is 2. The quantitative estimate of drug-likeness (QED) is 0.647. The van der Waals surface area contributed by atoms with Crippen LogP contribution in [0.1, 0.15) is 27.9 Å². The highest BCUT2D eigenvalue weighted by molar-refractivity contribution is 6.10. The number of methoxy groups -OCH3 is 1. The standard InChI is InChI=1S/C19H20N2O4/c1-12-8-13(2)10-14(9-12)20-17(22)11-18(23)21-16-7-5-4-6-15(16)19(24)25-3/h4-10H,11H2,1-3H3,(H,20,22)(H,21,23). The summed E-state index contributed by atoms with van der Waals surface area (Å²) < 4.78 is 4.67. The minimum absolute atomic E-state index is 0.230. The van der Waals surface area contributed by atoms with Crippen molar-refractivity contribution in [2.24, 2.45) is 0 Å². The first-order valence-corrected chi connectivity index (χ1v) is 7.74. The van der Waals surface area contributed by atoms with Crippen molar-refractivity contribution in [2.45, 2.75) is 20.3 Å². The molecule has 2 rings (SSSR count). The average Bonchev–Trinajstić information content (AvgIpc) is 2.53. The number of carbonyl (C=O) groups excluding carboxylic acids is 3. The number of esters is 1. The molecule has 0 heterocycles. The Morgan fingerprint density at radius 1 is 0.920 bits per heavy atom. The van der Waals surface area contributed by atoms with Crippen LogP contribution >= 0.6 is 0 Å². The monoisotopic (exact) mass is 340 g/mol. The van der Waals surface area contributed by atoms with E-state index in [2.05, 4.69) is 15.4 Å². The topological polar surface area (TPSA) is 84.5 Å². The zero-order chi connectivity index (χ0) is 18.4. The maximum absolute atomic E-state index is 12.1. The molecule has 0 saturated carbocycles. The Kier molecular flexibility index (Phi) is 5.89. The molecule has 2 N–H and O–H groups in total. The van der Waals surface area contributed by atoms with Gasteiger partial charge in [0.1, 0.15) is 6.42 Å². The Hall–Kier alpha value is -3.15. The number of hydrogen-bond donors (Lipinski definition) is 2. The molecule has 0 aliphatic rings. The van der Waals surface area contributed by atoms with Crippen LogP contribution in [0.4, 0.5) is 11.4 Å². The van der Waals surface area contributed by atoms with Crippen molar-refractivity contribution < 1.29 is 19.1 Å². The fraction of sp³-hybridized carbons (Fsp3) is 0.211. The summed E-state index contributed by atoms with van der Waals surface area (Å²) in [6.07, 6.45) is -0.359. The summed E-state index contributed by atoms with van der Waals surface area (Å²) in [4.78, 5) is 35.8. The smallest absolute Gasteiger partial charge is 0.339 e. The number of anilines is 2. The van der Waals surface area contributed by atoms with Crippen molar-refractivity contribution in [2.75, 3.05) is 17.7 Å². The second kappa shape index (κ2) is 8.10. The van der Waals surface area contributed by atoms with E-state index in [1.54, 1.807) is 18.2 Å². The molecule has 0 aliphatic carbocycles. The molecule has 0 radical (unpaired) electrons. The van der Waals surface area contributed by atoms with E-state index in [9.17, 15) is 14.4 Å². The van der Waals surface area contributed by atoms with Gasteiger partial charge in [-0.05, 0) is 49.2 Å². The summed E-state index contributed by atoms with van der Waals surface area (Å²) in [5.41, 5.74) is 3.22. The number of rotatable bonds is 5. The molecule has 2 aromatic carbocycles. The molecule has 0 spiro atoms. The minimum Gasteiger partial charge on any atom is -0.465 e. The van der Waals surface area contributed by atoms with Crippen LogP contribution < -0.4 is 10.6 Å². The van der Waals surface area contributed by atoms with Gasteiger partial charge in [0, 0.05) is 5.69 Å². The number of hydrogen-bond acceptors (Lipinski definition) is 4.